The third kappa shape index (κ3) is 3.44. The molecular weight excluding hydrogens is 242 g/mol. The zero-order valence-electron chi connectivity index (χ0n) is 10.4. The van der Waals surface area contributed by atoms with Gasteiger partial charge in [0.2, 0.25) is 0 Å². The molecule has 0 radical (unpaired) electrons. The van der Waals surface area contributed by atoms with Gasteiger partial charge in [0.15, 0.2) is 0 Å². The third-order valence-electron chi connectivity index (χ3n) is 3.08. The summed E-state index contributed by atoms with van der Waals surface area (Å²) in [4.78, 5) is 11.9. The van der Waals surface area contributed by atoms with Crippen LogP contribution in [-0.2, 0) is 14.3 Å². The number of rotatable bonds is 6. The normalized spacial score (nSPS) is 28.1. The second-order valence-corrected chi connectivity index (χ2v) is 4.74. The van der Waals surface area contributed by atoms with Crippen LogP contribution in [0.15, 0.2) is 12.2 Å². The van der Waals surface area contributed by atoms with Crippen LogP contribution in [0.4, 0.5) is 0 Å². The van der Waals surface area contributed by atoms with E-state index in [0.29, 0.717) is 18.9 Å². The minimum absolute atomic E-state index is 0.183. The molecule has 0 saturated carbocycles. The monoisotopic (exact) mass is 261 g/mol. The number of hydrogen-bond donors (Lipinski definition) is 1. The Bertz CT molecular complexity index is 295. The van der Waals surface area contributed by atoms with E-state index in [1.165, 1.54) is 7.11 Å². The average molecular weight is 262 g/mol. The fraction of sp³-hybridized carbons (Fsp3) is 0.750. The van der Waals surface area contributed by atoms with E-state index < -0.39 is 5.54 Å². The second kappa shape index (κ2) is 6.38. The van der Waals surface area contributed by atoms with Gasteiger partial charge in [-0.15, -0.1) is 11.6 Å². The van der Waals surface area contributed by atoms with Crippen molar-refractivity contribution in [1.82, 2.24) is 5.32 Å². The largest absolute Gasteiger partial charge is 0.468 e. The summed E-state index contributed by atoms with van der Waals surface area (Å²) in [6, 6.07) is 0.183. The predicted molar refractivity (Wildman–Crippen MR) is 67.3 cm³/mol. The first-order valence-electron chi connectivity index (χ1n) is 5.65. The fourth-order valence-corrected chi connectivity index (χ4v) is 2.42. The van der Waals surface area contributed by atoms with E-state index in [4.69, 9.17) is 21.1 Å². The summed E-state index contributed by atoms with van der Waals surface area (Å²) >= 11 is 5.73. The zero-order valence-corrected chi connectivity index (χ0v) is 11.2. The summed E-state index contributed by atoms with van der Waals surface area (Å²) in [5.41, 5.74) is 0.159. The van der Waals surface area contributed by atoms with Gasteiger partial charge in [-0.2, -0.15) is 0 Å². The minimum Gasteiger partial charge on any atom is -0.468 e. The van der Waals surface area contributed by atoms with Crippen LogP contribution in [-0.4, -0.2) is 44.3 Å². The van der Waals surface area contributed by atoms with Crippen molar-refractivity contribution in [1.29, 1.82) is 0 Å². The molecule has 0 aromatic heterocycles. The molecule has 4 nitrogen and oxygen atoms in total. The molecule has 1 heterocycles. The van der Waals surface area contributed by atoms with Crippen molar-refractivity contribution in [3.05, 3.63) is 12.2 Å². The summed E-state index contributed by atoms with van der Waals surface area (Å²) in [6.07, 6.45) is 2.13. The Hall–Kier alpha value is -0.580. The second-order valence-electron chi connectivity index (χ2n) is 4.47. The molecule has 1 N–H and O–H groups in total. The molecule has 1 saturated heterocycles. The number of methoxy groups -OCH3 is 2. The number of halogens is 1. The lowest BCUT2D eigenvalue weighted by Gasteiger charge is -2.28. The van der Waals surface area contributed by atoms with Crippen LogP contribution < -0.4 is 5.32 Å². The van der Waals surface area contributed by atoms with E-state index in [2.05, 4.69) is 11.9 Å². The minimum atomic E-state index is -0.677. The smallest absolute Gasteiger partial charge is 0.326 e. The molecule has 0 aromatic rings. The Kier molecular flexibility index (Phi) is 5.43. The Balaban J connectivity index is 2.75. The highest BCUT2D eigenvalue weighted by atomic mass is 35.5. The van der Waals surface area contributed by atoms with Gasteiger partial charge in [0.25, 0.3) is 0 Å². The number of carbonyl (C=O) groups excluding carboxylic acids is 1. The number of esters is 1. The summed E-state index contributed by atoms with van der Waals surface area (Å²) < 4.78 is 9.98. The summed E-state index contributed by atoms with van der Waals surface area (Å²) in [5, 5.41) is 3.30. The standard InChI is InChI=1S/C12H20ClNO3/c1-9(7-13)6-12(11(15)17-3)5-4-10(14-12)8-16-2/h10,14H,1,4-8H2,2-3H3/t10-,12?/m0/s1. The number of ether oxygens (including phenoxy) is 2. The fourth-order valence-electron chi connectivity index (χ4n) is 2.32. The van der Waals surface area contributed by atoms with Gasteiger partial charge < -0.3 is 9.47 Å². The van der Waals surface area contributed by atoms with Crippen molar-refractivity contribution in [2.75, 3.05) is 26.7 Å². The molecule has 1 unspecified atom stereocenters. The molecule has 1 aliphatic heterocycles. The molecule has 0 spiro atoms. The van der Waals surface area contributed by atoms with Crippen molar-refractivity contribution in [2.45, 2.75) is 30.8 Å². The summed E-state index contributed by atoms with van der Waals surface area (Å²) in [7, 11) is 3.05. The van der Waals surface area contributed by atoms with Gasteiger partial charge in [-0.25, -0.2) is 0 Å². The summed E-state index contributed by atoms with van der Waals surface area (Å²) in [6.45, 7) is 4.45. The van der Waals surface area contributed by atoms with E-state index in [9.17, 15) is 4.79 Å². The molecule has 0 amide bonds. The molecule has 98 valence electrons. The van der Waals surface area contributed by atoms with Crippen molar-refractivity contribution >= 4 is 17.6 Å². The average Bonchev–Trinajstić information content (AvgIpc) is 2.73. The highest BCUT2D eigenvalue weighted by molar-refractivity contribution is 6.19. The van der Waals surface area contributed by atoms with Crippen LogP contribution in [0.3, 0.4) is 0 Å². The maximum Gasteiger partial charge on any atom is 0.326 e. The SMILES string of the molecule is C=C(CCl)CC1(C(=O)OC)CC[C@@H](COC)N1. The first kappa shape index (κ1) is 14.5. The van der Waals surface area contributed by atoms with Gasteiger partial charge in [0, 0.05) is 19.0 Å². The van der Waals surface area contributed by atoms with Crippen LogP contribution >= 0.6 is 11.6 Å². The van der Waals surface area contributed by atoms with E-state index in [1.807, 2.05) is 0 Å². The highest BCUT2D eigenvalue weighted by Gasteiger charge is 2.45. The van der Waals surface area contributed by atoms with Crippen molar-refractivity contribution in [3.63, 3.8) is 0 Å². The van der Waals surface area contributed by atoms with Crippen LogP contribution in [0, 0.1) is 0 Å². The van der Waals surface area contributed by atoms with Gasteiger partial charge in [0.1, 0.15) is 5.54 Å². The van der Waals surface area contributed by atoms with E-state index in [1.54, 1.807) is 7.11 Å². The van der Waals surface area contributed by atoms with Crippen molar-refractivity contribution in [2.24, 2.45) is 0 Å². The molecule has 0 bridgehead atoms. The first-order chi connectivity index (χ1) is 8.07. The van der Waals surface area contributed by atoms with E-state index in [0.717, 1.165) is 18.4 Å². The summed E-state index contributed by atoms with van der Waals surface area (Å²) in [5.74, 6) is 0.109. The molecule has 1 rings (SSSR count). The Labute approximate surface area is 107 Å². The first-order valence-corrected chi connectivity index (χ1v) is 6.19. The van der Waals surface area contributed by atoms with Crippen LogP contribution in [0.2, 0.25) is 0 Å². The maximum absolute atomic E-state index is 11.9. The van der Waals surface area contributed by atoms with E-state index >= 15 is 0 Å². The lowest BCUT2D eigenvalue weighted by molar-refractivity contribution is -0.148. The Morgan fingerprint density at radius 1 is 1.59 bits per heavy atom. The predicted octanol–water partition coefficient (Wildman–Crippen LogP) is 1.48. The lowest BCUT2D eigenvalue weighted by atomic mass is 9.90. The van der Waals surface area contributed by atoms with Crippen molar-refractivity contribution in [3.8, 4) is 0 Å². The Morgan fingerprint density at radius 2 is 2.29 bits per heavy atom. The Morgan fingerprint density at radius 3 is 2.82 bits per heavy atom. The maximum atomic E-state index is 11.9. The van der Waals surface area contributed by atoms with E-state index in [-0.39, 0.29) is 12.0 Å². The van der Waals surface area contributed by atoms with Gasteiger partial charge in [0.05, 0.1) is 13.7 Å². The lowest BCUT2D eigenvalue weighted by Crippen LogP contribution is -2.51. The van der Waals surface area contributed by atoms with Crippen LogP contribution in [0.5, 0.6) is 0 Å². The molecule has 5 heteroatoms. The van der Waals surface area contributed by atoms with Gasteiger partial charge in [-0.3, -0.25) is 10.1 Å². The highest BCUT2D eigenvalue weighted by Crippen LogP contribution is 2.31. The molecule has 2 atom stereocenters. The number of carbonyl (C=O) groups is 1. The number of hydrogen-bond acceptors (Lipinski definition) is 4. The van der Waals surface area contributed by atoms with Gasteiger partial charge in [-0.1, -0.05) is 12.2 Å². The zero-order chi connectivity index (χ0) is 12.9. The quantitative estimate of drug-likeness (QED) is 0.447. The molecule has 17 heavy (non-hydrogen) atoms. The topological polar surface area (TPSA) is 47.6 Å². The van der Waals surface area contributed by atoms with Gasteiger partial charge in [-0.05, 0) is 19.3 Å². The molecule has 1 aliphatic rings. The van der Waals surface area contributed by atoms with Gasteiger partial charge >= 0.3 is 5.97 Å². The molecule has 0 aliphatic carbocycles. The molecule has 0 aromatic carbocycles. The number of nitrogens with one attached hydrogen (secondary N) is 1. The third-order valence-corrected chi connectivity index (χ3v) is 3.46. The van der Waals surface area contributed by atoms with Crippen molar-refractivity contribution < 1.29 is 14.3 Å². The van der Waals surface area contributed by atoms with Crippen LogP contribution in [0.25, 0.3) is 0 Å². The molecular formula is C12H20ClNO3. The molecule has 1 fully saturated rings. The van der Waals surface area contributed by atoms with Crippen LogP contribution in [0.1, 0.15) is 19.3 Å². The number of alkyl halides is 1.